The maximum Gasteiger partial charge on any atom is 0.253 e. The molecule has 1 atom stereocenters. The van der Waals surface area contributed by atoms with Crippen LogP contribution in [0.1, 0.15) is 36.1 Å². The molecule has 0 aliphatic heterocycles. The van der Waals surface area contributed by atoms with Crippen LogP contribution in [-0.2, 0) is 28.0 Å². The van der Waals surface area contributed by atoms with E-state index in [1.807, 2.05) is 48.5 Å². The van der Waals surface area contributed by atoms with Crippen molar-refractivity contribution in [2.75, 3.05) is 0 Å². The van der Waals surface area contributed by atoms with Gasteiger partial charge in [-0.3, -0.25) is 19.7 Å². The van der Waals surface area contributed by atoms with E-state index in [-0.39, 0.29) is 12.1 Å². The van der Waals surface area contributed by atoms with Crippen molar-refractivity contribution in [2.45, 2.75) is 39.2 Å². The Hall–Kier alpha value is -3.18. The zero-order valence-corrected chi connectivity index (χ0v) is 18.6. The average molecular weight is 437 g/mol. The standard InChI is InChI=1S/C25H25ClN2O3/c1-17-5-4-14-28(23(17)30)16-25(3,24(31)27-18(2)29)21-10-6-19(7-11-21)15-20-8-12-22(26)13-9-20/h4-14H,15-16H2,1-3H3,(H,27,29,31). The van der Waals surface area contributed by atoms with E-state index >= 15 is 0 Å². The molecule has 0 saturated carbocycles. The number of amides is 2. The molecule has 3 rings (SSSR count). The molecule has 1 unspecified atom stereocenters. The first-order valence-corrected chi connectivity index (χ1v) is 10.4. The van der Waals surface area contributed by atoms with E-state index in [0.29, 0.717) is 10.6 Å². The second kappa shape index (κ2) is 9.31. The summed E-state index contributed by atoms with van der Waals surface area (Å²) in [5.41, 5.74) is 2.24. The highest BCUT2D eigenvalue weighted by Crippen LogP contribution is 2.27. The van der Waals surface area contributed by atoms with Crippen LogP contribution in [0.25, 0.3) is 0 Å². The summed E-state index contributed by atoms with van der Waals surface area (Å²) >= 11 is 5.95. The number of carbonyl (C=O) groups is 2. The minimum Gasteiger partial charge on any atom is -0.314 e. The van der Waals surface area contributed by atoms with Crippen LogP contribution in [0.5, 0.6) is 0 Å². The van der Waals surface area contributed by atoms with Crippen LogP contribution in [-0.4, -0.2) is 16.4 Å². The summed E-state index contributed by atoms with van der Waals surface area (Å²) in [5, 5.41) is 3.08. The van der Waals surface area contributed by atoms with Gasteiger partial charge in [-0.25, -0.2) is 0 Å². The van der Waals surface area contributed by atoms with Gasteiger partial charge in [-0.15, -0.1) is 0 Å². The van der Waals surface area contributed by atoms with E-state index in [4.69, 9.17) is 11.6 Å². The first-order chi connectivity index (χ1) is 14.7. The highest BCUT2D eigenvalue weighted by atomic mass is 35.5. The summed E-state index contributed by atoms with van der Waals surface area (Å²) in [5.74, 6) is -0.883. The second-order valence-electron chi connectivity index (χ2n) is 7.97. The molecule has 0 spiro atoms. The Balaban J connectivity index is 1.93. The number of nitrogens with one attached hydrogen (secondary N) is 1. The third kappa shape index (κ3) is 5.30. The van der Waals surface area contributed by atoms with Crippen molar-refractivity contribution in [3.8, 4) is 0 Å². The molecule has 0 aliphatic carbocycles. The minimum absolute atomic E-state index is 0.114. The average Bonchev–Trinajstić information content (AvgIpc) is 2.73. The van der Waals surface area contributed by atoms with Gasteiger partial charge in [-0.1, -0.05) is 54.1 Å². The smallest absolute Gasteiger partial charge is 0.253 e. The molecule has 160 valence electrons. The molecule has 0 fully saturated rings. The van der Waals surface area contributed by atoms with Crippen molar-refractivity contribution >= 4 is 23.4 Å². The molecule has 3 aromatic rings. The maximum absolute atomic E-state index is 13.0. The summed E-state index contributed by atoms with van der Waals surface area (Å²) in [6.07, 6.45) is 2.38. The zero-order valence-electron chi connectivity index (χ0n) is 17.8. The fourth-order valence-corrected chi connectivity index (χ4v) is 3.67. The molecule has 1 N–H and O–H groups in total. The van der Waals surface area contributed by atoms with E-state index < -0.39 is 17.2 Å². The molecular formula is C25H25ClN2O3. The number of carbonyl (C=O) groups excluding carboxylic acids is 2. The van der Waals surface area contributed by atoms with Crippen molar-refractivity contribution in [1.82, 2.24) is 9.88 Å². The molecule has 6 heteroatoms. The SMILES string of the molecule is CC(=O)NC(=O)C(C)(Cn1cccc(C)c1=O)c1ccc(Cc2ccc(Cl)cc2)cc1. The summed E-state index contributed by atoms with van der Waals surface area (Å²) in [4.78, 5) is 37.2. The first kappa shape index (κ1) is 22.5. The summed E-state index contributed by atoms with van der Waals surface area (Å²) < 4.78 is 1.51. The van der Waals surface area contributed by atoms with Crippen molar-refractivity contribution in [3.63, 3.8) is 0 Å². The quantitative estimate of drug-likeness (QED) is 0.634. The van der Waals surface area contributed by atoms with Gasteiger partial charge in [-0.05, 0) is 55.2 Å². The molecule has 1 aromatic heterocycles. The molecule has 1 heterocycles. The number of rotatable bonds is 6. The molecule has 2 aromatic carbocycles. The monoisotopic (exact) mass is 436 g/mol. The molecule has 0 bridgehead atoms. The van der Waals surface area contributed by atoms with Gasteiger partial charge in [-0.2, -0.15) is 0 Å². The number of nitrogens with zero attached hydrogens (tertiary/aromatic N) is 1. The molecule has 31 heavy (non-hydrogen) atoms. The number of hydrogen-bond donors (Lipinski definition) is 1. The van der Waals surface area contributed by atoms with E-state index in [1.165, 1.54) is 11.5 Å². The van der Waals surface area contributed by atoms with Crippen molar-refractivity contribution < 1.29 is 9.59 Å². The van der Waals surface area contributed by atoms with E-state index in [9.17, 15) is 14.4 Å². The van der Waals surface area contributed by atoms with Crippen LogP contribution in [0.15, 0.2) is 71.7 Å². The lowest BCUT2D eigenvalue weighted by Crippen LogP contribution is -2.48. The topological polar surface area (TPSA) is 68.2 Å². The second-order valence-corrected chi connectivity index (χ2v) is 8.40. The van der Waals surface area contributed by atoms with E-state index in [2.05, 4.69) is 5.32 Å². The Morgan fingerprint density at radius 2 is 1.58 bits per heavy atom. The Kier molecular flexibility index (Phi) is 6.76. The molecule has 0 saturated heterocycles. The Morgan fingerprint density at radius 3 is 2.16 bits per heavy atom. The largest absolute Gasteiger partial charge is 0.314 e. The highest BCUT2D eigenvalue weighted by molar-refractivity contribution is 6.30. The van der Waals surface area contributed by atoms with Crippen LogP contribution >= 0.6 is 11.6 Å². The van der Waals surface area contributed by atoms with Crippen molar-refractivity contribution in [3.05, 3.63) is 104 Å². The number of aromatic nitrogens is 1. The Bertz CT molecular complexity index is 1150. The number of halogens is 1. The summed E-state index contributed by atoms with van der Waals surface area (Å²) in [6, 6.07) is 18.9. The molecular weight excluding hydrogens is 412 g/mol. The van der Waals surface area contributed by atoms with Gasteiger partial charge < -0.3 is 4.57 Å². The van der Waals surface area contributed by atoms with Crippen molar-refractivity contribution in [2.24, 2.45) is 0 Å². The van der Waals surface area contributed by atoms with Gasteiger partial charge in [0.1, 0.15) is 0 Å². The number of benzene rings is 2. The third-order valence-corrected chi connectivity index (χ3v) is 5.65. The van der Waals surface area contributed by atoms with Gasteiger partial charge in [0.05, 0.1) is 5.41 Å². The lowest BCUT2D eigenvalue weighted by molar-refractivity contribution is -0.133. The maximum atomic E-state index is 13.0. The number of hydrogen-bond acceptors (Lipinski definition) is 3. The van der Waals surface area contributed by atoms with E-state index in [1.54, 1.807) is 32.2 Å². The molecule has 5 nitrogen and oxygen atoms in total. The molecule has 0 radical (unpaired) electrons. The van der Waals surface area contributed by atoms with Crippen LogP contribution < -0.4 is 10.9 Å². The van der Waals surface area contributed by atoms with Crippen LogP contribution in [0.3, 0.4) is 0 Å². The predicted octanol–water partition coefficient (Wildman–Crippen LogP) is 4.02. The summed E-state index contributed by atoms with van der Waals surface area (Å²) in [6.45, 7) is 4.89. The van der Waals surface area contributed by atoms with Gasteiger partial charge in [0, 0.05) is 30.3 Å². The highest BCUT2D eigenvalue weighted by Gasteiger charge is 2.36. The first-order valence-electron chi connectivity index (χ1n) is 10.0. The minimum atomic E-state index is -1.11. The van der Waals surface area contributed by atoms with Crippen LogP contribution in [0, 0.1) is 6.92 Å². The zero-order chi connectivity index (χ0) is 22.6. The van der Waals surface area contributed by atoms with Gasteiger partial charge in [0.25, 0.3) is 5.56 Å². The molecule has 0 aliphatic rings. The number of aryl methyl sites for hydroxylation is 1. The fraction of sp³-hybridized carbons (Fsp3) is 0.240. The number of pyridine rings is 1. The fourth-order valence-electron chi connectivity index (χ4n) is 3.54. The van der Waals surface area contributed by atoms with Gasteiger partial charge in [0.2, 0.25) is 11.8 Å². The predicted molar refractivity (Wildman–Crippen MR) is 122 cm³/mol. The van der Waals surface area contributed by atoms with Gasteiger partial charge in [0.15, 0.2) is 0 Å². The lowest BCUT2D eigenvalue weighted by Gasteiger charge is -2.29. The van der Waals surface area contributed by atoms with Crippen molar-refractivity contribution in [1.29, 1.82) is 0 Å². The van der Waals surface area contributed by atoms with Crippen LogP contribution in [0.2, 0.25) is 5.02 Å². The van der Waals surface area contributed by atoms with Gasteiger partial charge >= 0.3 is 0 Å². The third-order valence-electron chi connectivity index (χ3n) is 5.40. The lowest BCUT2D eigenvalue weighted by atomic mass is 9.80. The summed E-state index contributed by atoms with van der Waals surface area (Å²) in [7, 11) is 0. The number of imide groups is 1. The normalized spacial score (nSPS) is 12.8. The Labute approximate surface area is 186 Å². The Morgan fingerprint density at radius 1 is 1.00 bits per heavy atom. The molecule has 2 amide bonds. The van der Waals surface area contributed by atoms with E-state index in [0.717, 1.165) is 23.1 Å². The van der Waals surface area contributed by atoms with Crippen LogP contribution in [0.4, 0.5) is 0 Å².